The largest absolute Gasteiger partial charge is 0.366 e. The lowest BCUT2D eigenvalue weighted by Gasteiger charge is -2.26. The van der Waals surface area contributed by atoms with E-state index >= 15 is 0 Å². The van der Waals surface area contributed by atoms with Crippen LogP contribution in [0.15, 0.2) is 79.0 Å². The number of hydrogen-bond acceptors (Lipinski definition) is 4. The molecular weight excluding hydrogens is 362 g/mol. The molecule has 1 aromatic heterocycles. The van der Waals surface area contributed by atoms with Crippen LogP contribution >= 0.6 is 0 Å². The number of nitrogens with two attached hydrogens (primary N) is 1. The molecule has 0 fully saturated rings. The van der Waals surface area contributed by atoms with Gasteiger partial charge >= 0.3 is 0 Å². The molecular formula is C20H19N3O3S. The van der Waals surface area contributed by atoms with Gasteiger partial charge in [0.05, 0.1) is 29.2 Å². The van der Waals surface area contributed by atoms with Gasteiger partial charge in [-0.3, -0.25) is 14.1 Å². The third kappa shape index (κ3) is 4.51. The van der Waals surface area contributed by atoms with Crippen molar-refractivity contribution < 1.29 is 13.2 Å². The highest BCUT2D eigenvalue weighted by molar-refractivity contribution is 7.92. The van der Waals surface area contributed by atoms with Crippen molar-refractivity contribution in [2.75, 3.05) is 4.31 Å². The summed E-state index contributed by atoms with van der Waals surface area (Å²) in [6.07, 6.45) is 1.59. The van der Waals surface area contributed by atoms with Gasteiger partial charge in [0.1, 0.15) is 0 Å². The summed E-state index contributed by atoms with van der Waals surface area (Å²) in [6, 6.07) is 20.6. The maximum absolute atomic E-state index is 13.2. The second kappa shape index (κ2) is 8.01. The third-order valence-electron chi connectivity index (χ3n) is 4.00. The molecule has 0 atom stereocenters. The molecule has 0 saturated carbocycles. The Hall–Kier alpha value is -3.19. The third-order valence-corrected chi connectivity index (χ3v) is 5.69. The van der Waals surface area contributed by atoms with Gasteiger partial charge < -0.3 is 5.73 Å². The highest BCUT2D eigenvalue weighted by atomic mass is 32.2. The normalized spacial score (nSPS) is 11.1. The van der Waals surface area contributed by atoms with Crippen LogP contribution in [-0.2, 0) is 22.3 Å². The van der Waals surface area contributed by atoms with Crippen molar-refractivity contribution in [2.24, 2.45) is 5.73 Å². The van der Waals surface area contributed by atoms with Gasteiger partial charge in [-0.1, -0.05) is 48.5 Å². The molecule has 3 rings (SSSR count). The average Bonchev–Trinajstić information content (AvgIpc) is 2.67. The molecule has 2 aromatic carbocycles. The maximum Gasteiger partial charge on any atom is 0.250 e. The van der Waals surface area contributed by atoms with Crippen molar-refractivity contribution in [3.63, 3.8) is 0 Å². The van der Waals surface area contributed by atoms with E-state index in [1.807, 2.05) is 6.07 Å². The number of nitrogens with zero attached hydrogens (tertiary/aromatic N) is 2. The van der Waals surface area contributed by atoms with Gasteiger partial charge in [-0.15, -0.1) is 0 Å². The lowest BCUT2D eigenvalue weighted by Crippen LogP contribution is -2.33. The van der Waals surface area contributed by atoms with Crippen molar-refractivity contribution in [3.05, 3.63) is 95.8 Å². The molecule has 2 N–H and O–H groups in total. The van der Waals surface area contributed by atoms with E-state index in [0.717, 1.165) is 0 Å². The SMILES string of the molecule is NC(=O)c1ccccc1N(Cc1ccccn1)S(=O)(=O)Cc1ccccc1. The number of anilines is 1. The number of para-hydroxylation sites is 1. The van der Waals surface area contributed by atoms with E-state index < -0.39 is 15.9 Å². The van der Waals surface area contributed by atoms with Crippen LogP contribution in [0.4, 0.5) is 5.69 Å². The Morgan fingerprint density at radius 1 is 0.926 bits per heavy atom. The van der Waals surface area contributed by atoms with Crippen LogP contribution in [0.25, 0.3) is 0 Å². The molecule has 0 aliphatic carbocycles. The quantitative estimate of drug-likeness (QED) is 0.681. The first-order valence-corrected chi connectivity index (χ1v) is 9.91. The summed E-state index contributed by atoms with van der Waals surface area (Å²) >= 11 is 0. The summed E-state index contributed by atoms with van der Waals surface area (Å²) in [7, 11) is -3.80. The van der Waals surface area contributed by atoms with Crippen molar-refractivity contribution in [1.29, 1.82) is 0 Å². The molecule has 0 aliphatic heterocycles. The summed E-state index contributed by atoms with van der Waals surface area (Å²) in [4.78, 5) is 16.1. The molecule has 0 spiro atoms. The molecule has 27 heavy (non-hydrogen) atoms. The van der Waals surface area contributed by atoms with E-state index in [9.17, 15) is 13.2 Å². The first-order chi connectivity index (χ1) is 13.0. The number of carbonyl (C=O) groups excluding carboxylic acids is 1. The number of pyridine rings is 1. The fourth-order valence-corrected chi connectivity index (χ4v) is 4.29. The van der Waals surface area contributed by atoms with E-state index in [-0.39, 0.29) is 23.5 Å². The first-order valence-electron chi connectivity index (χ1n) is 8.30. The van der Waals surface area contributed by atoms with Crippen molar-refractivity contribution in [3.8, 4) is 0 Å². The number of primary amides is 1. The van der Waals surface area contributed by atoms with E-state index in [0.29, 0.717) is 11.3 Å². The summed E-state index contributed by atoms with van der Waals surface area (Å²) in [5, 5.41) is 0. The van der Waals surface area contributed by atoms with E-state index in [1.165, 1.54) is 10.4 Å². The molecule has 7 heteroatoms. The van der Waals surface area contributed by atoms with Gasteiger partial charge in [-0.2, -0.15) is 0 Å². The zero-order valence-electron chi connectivity index (χ0n) is 14.5. The second-order valence-corrected chi connectivity index (χ2v) is 7.84. The summed E-state index contributed by atoms with van der Waals surface area (Å²) in [6.45, 7) is 0.000298. The molecule has 1 heterocycles. The van der Waals surface area contributed by atoms with Crippen molar-refractivity contribution in [1.82, 2.24) is 4.98 Å². The molecule has 6 nitrogen and oxygen atoms in total. The minimum absolute atomic E-state index is 0.000298. The molecule has 138 valence electrons. The first kappa shape index (κ1) is 18.6. The number of rotatable bonds is 7. The summed E-state index contributed by atoms with van der Waals surface area (Å²) in [5.74, 6) is -0.889. The van der Waals surface area contributed by atoms with Gasteiger partial charge in [-0.05, 0) is 29.8 Å². The number of aromatic nitrogens is 1. The predicted octanol–water partition coefficient (Wildman–Crippen LogP) is 2.72. The maximum atomic E-state index is 13.2. The Morgan fingerprint density at radius 2 is 1.59 bits per heavy atom. The Bertz CT molecular complexity index is 1020. The molecule has 3 aromatic rings. The van der Waals surface area contributed by atoms with Crippen LogP contribution in [0.3, 0.4) is 0 Å². The molecule has 1 amide bonds. The standard InChI is InChI=1S/C20H19N3O3S/c21-20(24)18-11-4-5-12-19(18)23(14-17-10-6-7-13-22-17)27(25,26)15-16-8-2-1-3-9-16/h1-13H,14-15H2,(H2,21,24). The lowest BCUT2D eigenvalue weighted by atomic mass is 10.1. The Labute approximate surface area is 158 Å². The van der Waals surface area contributed by atoms with Crippen molar-refractivity contribution in [2.45, 2.75) is 12.3 Å². The van der Waals surface area contributed by atoms with Crippen LogP contribution in [0.2, 0.25) is 0 Å². The van der Waals surface area contributed by atoms with Crippen molar-refractivity contribution >= 4 is 21.6 Å². The summed E-state index contributed by atoms with van der Waals surface area (Å²) < 4.78 is 27.6. The zero-order valence-corrected chi connectivity index (χ0v) is 15.3. The lowest BCUT2D eigenvalue weighted by molar-refractivity contribution is 0.100. The molecule has 0 unspecified atom stereocenters. The minimum Gasteiger partial charge on any atom is -0.366 e. The highest BCUT2D eigenvalue weighted by Crippen LogP contribution is 2.26. The Kier molecular flexibility index (Phi) is 5.52. The smallest absolute Gasteiger partial charge is 0.250 e. The minimum atomic E-state index is -3.80. The van der Waals surface area contributed by atoms with Gasteiger partial charge in [0, 0.05) is 6.20 Å². The second-order valence-electron chi connectivity index (χ2n) is 5.95. The molecule has 0 bridgehead atoms. The fourth-order valence-electron chi connectivity index (χ4n) is 2.73. The van der Waals surface area contributed by atoms with E-state index in [4.69, 9.17) is 5.73 Å². The number of sulfonamides is 1. The van der Waals surface area contributed by atoms with Crippen LogP contribution in [-0.4, -0.2) is 19.3 Å². The molecule has 0 saturated heterocycles. The Morgan fingerprint density at radius 3 is 2.26 bits per heavy atom. The molecule has 0 radical (unpaired) electrons. The topological polar surface area (TPSA) is 93.4 Å². The predicted molar refractivity (Wildman–Crippen MR) is 104 cm³/mol. The Balaban J connectivity index is 2.06. The van der Waals surface area contributed by atoms with Crippen LogP contribution in [0.1, 0.15) is 21.6 Å². The van der Waals surface area contributed by atoms with Gasteiger partial charge in [0.2, 0.25) is 10.0 Å². The molecule has 0 aliphatic rings. The fraction of sp³-hybridized carbons (Fsp3) is 0.100. The highest BCUT2D eigenvalue weighted by Gasteiger charge is 2.27. The average molecular weight is 381 g/mol. The summed E-state index contributed by atoms with van der Waals surface area (Å²) in [5.41, 5.74) is 7.07. The van der Waals surface area contributed by atoms with Gasteiger partial charge in [0.25, 0.3) is 5.91 Å². The van der Waals surface area contributed by atoms with Crippen LogP contribution in [0, 0.1) is 0 Å². The van der Waals surface area contributed by atoms with Gasteiger partial charge in [0.15, 0.2) is 0 Å². The number of benzene rings is 2. The van der Waals surface area contributed by atoms with Gasteiger partial charge in [-0.25, -0.2) is 8.42 Å². The monoisotopic (exact) mass is 381 g/mol. The number of hydrogen-bond donors (Lipinski definition) is 1. The number of amides is 1. The number of carbonyl (C=O) groups is 1. The zero-order chi connectivity index (χ0) is 19.3. The van der Waals surface area contributed by atoms with Crippen LogP contribution < -0.4 is 10.0 Å². The van der Waals surface area contributed by atoms with E-state index in [2.05, 4.69) is 4.98 Å². The van der Waals surface area contributed by atoms with E-state index in [1.54, 1.807) is 66.9 Å². The van der Waals surface area contributed by atoms with Crippen LogP contribution in [0.5, 0.6) is 0 Å².